The van der Waals surface area contributed by atoms with Gasteiger partial charge in [0.25, 0.3) is 0 Å². The van der Waals surface area contributed by atoms with E-state index in [1.807, 2.05) is 30.3 Å². The van der Waals surface area contributed by atoms with Crippen LogP contribution in [0.2, 0.25) is 0 Å². The van der Waals surface area contributed by atoms with E-state index in [9.17, 15) is 4.79 Å². The molecular formula is C12H18O. The molecule has 0 heterocycles. The molecule has 1 atom stereocenters. The Morgan fingerprint density at radius 3 is 2.08 bits per heavy atom. The fourth-order valence-electron chi connectivity index (χ4n) is 1.30. The van der Waals surface area contributed by atoms with Crippen molar-refractivity contribution in [1.29, 1.82) is 0 Å². The van der Waals surface area contributed by atoms with Gasteiger partial charge in [-0.2, -0.15) is 0 Å². The minimum atomic E-state index is 0. The van der Waals surface area contributed by atoms with Gasteiger partial charge in [-0.15, -0.1) is 0 Å². The molecule has 1 unspecified atom stereocenters. The summed E-state index contributed by atoms with van der Waals surface area (Å²) >= 11 is 0. The van der Waals surface area contributed by atoms with Gasteiger partial charge >= 0.3 is 0 Å². The monoisotopic (exact) mass is 178 g/mol. The van der Waals surface area contributed by atoms with E-state index < -0.39 is 0 Å². The number of hydrogen-bond acceptors (Lipinski definition) is 1. The van der Waals surface area contributed by atoms with Gasteiger partial charge in [-0.25, -0.2) is 0 Å². The Morgan fingerprint density at radius 2 is 1.69 bits per heavy atom. The summed E-state index contributed by atoms with van der Waals surface area (Å²) in [6.07, 6.45) is 1.03. The van der Waals surface area contributed by atoms with Gasteiger partial charge in [-0.1, -0.05) is 51.6 Å². The highest BCUT2D eigenvalue weighted by Gasteiger charge is 2.13. The number of rotatable bonds is 3. The third-order valence-corrected chi connectivity index (χ3v) is 2.05. The lowest BCUT2D eigenvalue weighted by atomic mass is 9.90. The molecule has 1 rings (SSSR count). The zero-order chi connectivity index (χ0) is 8.97. The summed E-state index contributed by atoms with van der Waals surface area (Å²) in [6.45, 7) is 4.12. The first kappa shape index (κ1) is 11.9. The van der Waals surface area contributed by atoms with Gasteiger partial charge in [0.05, 0.1) is 0 Å². The van der Waals surface area contributed by atoms with Crippen LogP contribution in [0.25, 0.3) is 0 Å². The Morgan fingerprint density at radius 1 is 1.15 bits per heavy atom. The maximum atomic E-state index is 10.7. The minimum absolute atomic E-state index is 0. The van der Waals surface area contributed by atoms with E-state index in [0.717, 1.165) is 11.8 Å². The molecule has 0 aliphatic heterocycles. The summed E-state index contributed by atoms with van der Waals surface area (Å²) in [5.41, 5.74) is 1.11. The van der Waals surface area contributed by atoms with Gasteiger partial charge in [-0.05, 0) is 11.5 Å². The van der Waals surface area contributed by atoms with Crippen molar-refractivity contribution in [1.82, 2.24) is 0 Å². The molecule has 0 saturated heterocycles. The minimum Gasteiger partial charge on any atom is -0.303 e. The predicted octanol–water partition coefficient (Wildman–Crippen LogP) is 3.26. The molecule has 1 nitrogen and oxygen atoms in total. The average molecular weight is 178 g/mol. The zero-order valence-corrected chi connectivity index (χ0v) is 7.53. The second kappa shape index (κ2) is 5.52. The van der Waals surface area contributed by atoms with Crippen LogP contribution in [-0.4, -0.2) is 6.29 Å². The summed E-state index contributed by atoms with van der Waals surface area (Å²) in [7, 11) is 0. The molecule has 0 aromatic heterocycles. The molecule has 0 fully saturated rings. The van der Waals surface area contributed by atoms with Crippen molar-refractivity contribution in [2.45, 2.75) is 27.2 Å². The largest absolute Gasteiger partial charge is 0.303 e. The Balaban J connectivity index is 0.00000144. The molecule has 0 amide bonds. The molecule has 0 spiro atoms. The molecule has 0 N–H and O–H groups in total. The number of carbonyl (C=O) groups is 1. The third-order valence-electron chi connectivity index (χ3n) is 2.05. The highest BCUT2D eigenvalue weighted by atomic mass is 16.1. The fraction of sp³-hybridized carbons (Fsp3) is 0.417. The number of carbonyl (C=O) groups excluding carboxylic acids is 1. The van der Waals surface area contributed by atoms with E-state index in [2.05, 4.69) is 13.8 Å². The molecule has 0 radical (unpaired) electrons. The zero-order valence-electron chi connectivity index (χ0n) is 7.53. The van der Waals surface area contributed by atoms with Crippen LogP contribution in [0.3, 0.4) is 0 Å². The van der Waals surface area contributed by atoms with Gasteiger partial charge in [0.2, 0.25) is 0 Å². The topological polar surface area (TPSA) is 17.1 Å². The molecule has 0 bridgehead atoms. The molecule has 1 heteroatoms. The van der Waals surface area contributed by atoms with Crippen molar-refractivity contribution in [3.63, 3.8) is 0 Å². The molecule has 0 saturated carbocycles. The Bertz CT molecular complexity index is 239. The highest BCUT2D eigenvalue weighted by Crippen LogP contribution is 2.21. The van der Waals surface area contributed by atoms with E-state index in [1.165, 1.54) is 0 Å². The summed E-state index contributed by atoms with van der Waals surface area (Å²) in [6, 6.07) is 9.90. The van der Waals surface area contributed by atoms with Gasteiger partial charge in [0.1, 0.15) is 6.29 Å². The lowest BCUT2D eigenvalue weighted by Gasteiger charge is -2.13. The van der Waals surface area contributed by atoms with Gasteiger partial charge in [0, 0.05) is 5.92 Å². The first-order chi connectivity index (χ1) is 5.75. The van der Waals surface area contributed by atoms with Gasteiger partial charge < -0.3 is 4.79 Å². The first-order valence-corrected chi connectivity index (χ1v) is 4.26. The van der Waals surface area contributed by atoms with Crippen molar-refractivity contribution in [3.05, 3.63) is 35.9 Å². The van der Waals surface area contributed by atoms with Gasteiger partial charge in [-0.3, -0.25) is 0 Å². The quantitative estimate of drug-likeness (QED) is 0.649. The van der Waals surface area contributed by atoms with Crippen molar-refractivity contribution >= 4 is 6.29 Å². The van der Waals surface area contributed by atoms with Crippen molar-refractivity contribution < 1.29 is 4.79 Å². The van der Waals surface area contributed by atoms with Gasteiger partial charge in [0.15, 0.2) is 0 Å². The lowest BCUT2D eigenvalue weighted by Crippen LogP contribution is -2.07. The lowest BCUT2D eigenvalue weighted by molar-refractivity contribution is -0.109. The highest BCUT2D eigenvalue weighted by molar-refractivity contribution is 5.62. The molecule has 0 aliphatic carbocycles. The average Bonchev–Trinajstić information content (AvgIpc) is 2.07. The normalized spacial score (nSPS) is 11.9. The van der Waals surface area contributed by atoms with Crippen molar-refractivity contribution in [3.8, 4) is 0 Å². The van der Waals surface area contributed by atoms with Crippen LogP contribution >= 0.6 is 0 Å². The van der Waals surface area contributed by atoms with Crippen molar-refractivity contribution in [2.24, 2.45) is 5.92 Å². The summed E-state index contributed by atoms with van der Waals surface area (Å²) in [5.74, 6) is 0.427. The molecule has 1 aromatic rings. The SMILES string of the molecule is C.CC(C)C(C=O)c1ccccc1. The fourth-order valence-corrected chi connectivity index (χ4v) is 1.30. The number of aldehydes is 1. The molecule has 13 heavy (non-hydrogen) atoms. The predicted molar refractivity (Wildman–Crippen MR) is 56.8 cm³/mol. The first-order valence-electron chi connectivity index (χ1n) is 4.26. The molecular weight excluding hydrogens is 160 g/mol. The van der Waals surface area contributed by atoms with Crippen LogP contribution in [0, 0.1) is 5.92 Å². The third kappa shape index (κ3) is 3.02. The van der Waals surface area contributed by atoms with Crippen LogP contribution in [0.15, 0.2) is 30.3 Å². The summed E-state index contributed by atoms with van der Waals surface area (Å²) in [5, 5.41) is 0. The summed E-state index contributed by atoms with van der Waals surface area (Å²) < 4.78 is 0. The van der Waals surface area contributed by atoms with Crippen LogP contribution in [0.1, 0.15) is 32.8 Å². The van der Waals surface area contributed by atoms with Crippen LogP contribution in [0.4, 0.5) is 0 Å². The maximum Gasteiger partial charge on any atom is 0.127 e. The smallest absolute Gasteiger partial charge is 0.127 e. The molecule has 0 aliphatic rings. The maximum absolute atomic E-state index is 10.7. The second-order valence-corrected chi connectivity index (χ2v) is 3.32. The Labute approximate surface area is 80.8 Å². The standard InChI is InChI=1S/C11H14O.CH4/c1-9(2)11(8-12)10-6-4-3-5-7-10;/h3-9,11H,1-2H3;1H4. The summed E-state index contributed by atoms with van der Waals surface area (Å²) in [4.78, 5) is 10.7. The van der Waals surface area contributed by atoms with E-state index in [1.54, 1.807) is 0 Å². The van der Waals surface area contributed by atoms with E-state index in [4.69, 9.17) is 0 Å². The number of hydrogen-bond donors (Lipinski definition) is 0. The van der Waals surface area contributed by atoms with Crippen molar-refractivity contribution in [2.75, 3.05) is 0 Å². The molecule has 1 aromatic carbocycles. The van der Waals surface area contributed by atoms with Crippen LogP contribution in [0.5, 0.6) is 0 Å². The van der Waals surface area contributed by atoms with E-state index in [-0.39, 0.29) is 13.3 Å². The molecule has 72 valence electrons. The number of benzene rings is 1. The van der Waals surface area contributed by atoms with E-state index in [0.29, 0.717) is 5.92 Å². The Kier molecular flexibility index (Phi) is 5.05. The second-order valence-electron chi connectivity index (χ2n) is 3.32. The van der Waals surface area contributed by atoms with E-state index >= 15 is 0 Å². The Hall–Kier alpha value is -1.11. The van der Waals surface area contributed by atoms with Crippen LogP contribution in [-0.2, 0) is 4.79 Å². The van der Waals surface area contributed by atoms with Crippen LogP contribution < -0.4 is 0 Å².